The zero-order valence-electron chi connectivity index (χ0n) is 25.9. The van der Waals surface area contributed by atoms with Gasteiger partial charge in [-0.2, -0.15) is 0 Å². The van der Waals surface area contributed by atoms with Gasteiger partial charge in [-0.05, 0) is 82.0 Å². The van der Waals surface area contributed by atoms with Crippen LogP contribution in [0.4, 0.5) is 0 Å². The molecule has 5 aromatic carbocycles. The Morgan fingerprint density at radius 2 is 1.29 bits per heavy atom. The summed E-state index contributed by atoms with van der Waals surface area (Å²) >= 11 is 0. The summed E-state index contributed by atoms with van der Waals surface area (Å²) < 4.78 is 0. The maximum Gasteiger partial charge on any atom is 0.0790 e. The van der Waals surface area contributed by atoms with Crippen LogP contribution in [0.1, 0.15) is 48.9 Å². The average Bonchev–Trinajstić information content (AvgIpc) is 3.23. The molecule has 0 radical (unpaired) electrons. The minimum atomic E-state index is 0.249. The van der Waals surface area contributed by atoms with Crippen LogP contribution in [-0.4, -0.2) is 9.97 Å². The SMILES string of the molecule is CCc1cccc2ccc3ccc(-c4cccc(-c5cccc(C6=C(C)C(C)c7c(ccc8cccnc78)C=C6)c5)c4)nc3c12. The van der Waals surface area contributed by atoms with Crippen molar-refractivity contribution in [1.29, 1.82) is 0 Å². The van der Waals surface area contributed by atoms with Gasteiger partial charge < -0.3 is 0 Å². The zero-order valence-corrected chi connectivity index (χ0v) is 25.9. The van der Waals surface area contributed by atoms with Gasteiger partial charge in [-0.25, -0.2) is 4.98 Å². The van der Waals surface area contributed by atoms with Gasteiger partial charge in [0.25, 0.3) is 0 Å². The maximum absolute atomic E-state index is 5.26. The topological polar surface area (TPSA) is 25.8 Å². The maximum atomic E-state index is 5.26. The summed E-state index contributed by atoms with van der Waals surface area (Å²) in [4.78, 5) is 10.0. The van der Waals surface area contributed by atoms with Crippen molar-refractivity contribution in [3.05, 3.63) is 155 Å². The number of aryl methyl sites for hydroxylation is 1. The highest BCUT2D eigenvalue weighted by Crippen LogP contribution is 2.40. The highest BCUT2D eigenvalue weighted by molar-refractivity contribution is 6.07. The van der Waals surface area contributed by atoms with E-state index in [4.69, 9.17) is 9.97 Å². The Labute approximate surface area is 264 Å². The van der Waals surface area contributed by atoms with Crippen LogP contribution in [0, 0.1) is 0 Å². The molecule has 1 atom stereocenters. The van der Waals surface area contributed by atoms with Crippen LogP contribution in [0.5, 0.6) is 0 Å². The van der Waals surface area contributed by atoms with Crippen molar-refractivity contribution >= 4 is 44.2 Å². The lowest BCUT2D eigenvalue weighted by atomic mass is 9.86. The van der Waals surface area contributed by atoms with E-state index in [0.29, 0.717) is 0 Å². The highest BCUT2D eigenvalue weighted by Gasteiger charge is 2.21. The van der Waals surface area contributed by atoms with E-state index in [2.05, 4.69) is 142 Å². The van der Waals surface area contributed by atoms with Crippen LogP contribution in [-0.2, 0) is 6.42 Å². The lowest BCUT2D eigenvalue weighted by Crippen LogP contribution is -2.01. The second kappa shape index (κ2) is 11.0. The average molecular weight is 579 g/mol. The van der Waals surface area contributed by atoms with Crippen LogP contribution in [0.3, 0.4) is 0 Å². The van der Waals surface area contributed by atoms with E-state index >= 15 is 0 Å². The number of benzene rings is 5. The molecule has 2 aromatic heterocycles. The summed E-state index contributed by atoms with van der Waals surface area (Å²) in [5.74, 6) is 0.249. The fraction of sp³-hybridized carbons (Fsp3) is 0.116. The molecule has 0 saturated carbocycles. The Morgan fingerprint density at radius 3 is 2.13 bits per heavy atom. The van der Waals surface area contributed by atoms with Crippen molar-refractivity contribution in [2.75, 3.05) is 0 Å². The quantitative estimate of drug-likeness (QED) is 0.194. The standard InChI is InChI=1S/C43H34N2/c1-4-29-9-5-10-30-16-19-33-21-23-39(45-43(33)41(29)30)37-14-7-12-35(26-37)34-11-6-13-36(25-34)38-22-20-31-17-18-32-15-8-24-44-42(32)40(31)28(3)27(38)2/h5-26,28H,4H2,1-3H3. The number of nitrogens with zero attached hydrogens (tertiary/aromatic N) is 2. The number of allylic oxidation sites excluding steroid dienone is 3. The van der Waals surface area contributed by atoms with Gasteiger partial charge in [-0.15, -0.1) is 0 Å². The first-order valence-electron chi connectivity index (χ1n) is 15.9. The molecule has 1 aliphatic carbocycles. The molecule has 0 spiro atoms. The van der Waals surface area contributed by atoms with E-state index in [1.165, 1.54) is 66.1 Å². The molecule has 0 fully saturated rings. The number of rotatable bonds is 4. The molecule has 1 unspecified atom stereocenters. The Morgan fingerprint density at radius 1 is 0.622 bits per heavy atom. The van der Waals surface area contributed by atoms with E-state index in [1.54, 1.807) is 0 Å². The molecular weight excluding hydrogens is 544 g/mol. The van der Waals surface area contributed by atoms with Crippen molar-refractivity contribution in [2.24, 2.45) is 0 Å². The minimum absolute atomic E-state index is 0.249. The summed E-state index contributed by atoms with van der Waals surface area (Å²) in [5.41, 5.74) is 14.4. The molecule has 0 bridgehead atoms. The van der Waals surface area contributed by atoms with Gasteiger partial charge in [0, 0.05) is 33.8 Å². The predicted octanol–water partition coefficient (Wildman–Crippen LogP) is 11.4. The molecular formula is C43H34N2. The summed E-state index contributed by atoms with van der Waals surface area (Å²) in [6.07, 6.45) is 7.44. The van der Waals surface area contributed by atoms with Crippen molar-refractivity contribution in [1.82, 2.24) is 9.97 Å². The molecule has 7 aromatic rings. The molecule has 1 aliphatic rings. The van der Waals surface area contributed by atoms with Crippen molar-refractivity contribution in [3.8, 4) is 22.4 Å². The molecule has 2 heteroatoms. The van der Waals surface area contributed by atoms with E-state index < -0.39 is 0 Å². The van der Waals surface area contributed by atoms with Gasteiger partial charge in [0.15, 0.2) is 0 Å². The van der Waals surface area contributed by atoms with Crippen LogP contribution in [0.25, 0.3) is 66.6 Å². The minimum Gasteiger partial charge on any atom is -0.256 e. The summed E-state index contributed by atoms with van der Waals surface area (Å²) in [6, 6.07) is 41.7. The Balaban J connectivity index is 1.19. The first-order chi connectivity index (χ1) is 22.1. The van der Waals surface area contributed by atoms with Crippen LogP contribution in [0.2, 0.25) is 0 Å². The van der Waals surface area contributed by atoms with Gasteiger partial charge in [-0.3, -0.25) is 4.98 Å². The Kier molecular flexibility index (Phi) is 6.64. The number of hydrogen-bond acceptors (Lipinski definition) is 2. The van der Waals surface area contributed by atoms with E-state index in [0.717, 1.165) is 28.7 Å². The molecule has 8 rings (SSSR count). The third kappa shape index (κ3) is 4.65. The second-order valence-electron chi connectivity index (χ2n) is 12.2. The summed E-state index contributed by atoms with van der Waals surface area (Å²) in [5, 5.41) is 4.88. The molecule has 216 valence electrons. The molecule has 0 saturated heterocycles. The summed E-state index contributed by atoms with van der Waals surface area (Å²) in [6.45, 7) is 6.80. The van der Waals surface area contributed by atoms with Crippen molar-refractivity contribution in [3.63, 3.8) is 0 Å². The molecule has 2 nitrogen and oxygen atoms in total. The Hall–Kier alpha value is -5.34. The smallest absolute Gasteiger partial charge is 0.0790 e. The number of pyridine rings is 2. The number of aromatic nitrogens is 2. The van der Waals surface area contributed by atoms with Gasteiger partial charge in [0.05, 0.1) is 16.7 Å². The Bertz CT molecular complexity index is 2340. The van der Waals surface area contributed by atoms with Gasteiger partial charge >= 0.3 is 0 Å². The first kappa shape index (κ1) is 27.2. The van der Waals surface area contributed by atoms with E-state index in [9.17, 15) is 0 Å². The fourth-order valence-corrected chi connectivity index (χ4v) is 7.07. The molecule has 45 heavy (non-hydrogen) atoms. The number of hydrogen-bond donors (Lipinski definition) is 0. The van der Waals surface area contributed by atoms with Crippen LogP contribution < -0.4 is 0 Å². The highest BCUT2D eigenvalue weighted by atomic mass is 14.7. The molecule has 0 N–H and O–H groups in total. The van der Waals surface area contributed by atoms with Gasteiger partial charge in [0.2, 0.25) is 0 Å². The first-order valence-corrected chi connectivity index (χ1v) is 15.9. The zero-order chi connectivity index (χ0) is 30.5. The largest absolute Gasteiger partial charge is 0.256 e. The normalized spacial score (nSPS) is 14.7. The van der Waals surface area contributed by atoms with Gasteiger partial charge in [-0.1, -0.05) is 123 Å². The third-order valence-corrected chi connectivity index (χ3v) is 9.62. The molecule has 0 amide bonds. The van der Waals surface area contributed by atoms with Crippen LogP contribution >= 0.6 is 0 Å². The lowest BCUT2D eigenvalue weighted by Gasteiger charge is -2.18. The van der Waals surface area contributed by atoms with E-state index in [1.807, 2.05) is 12.3 Å². The fourth-order valence-electron chi connectivity index (χ4n) is 7.07. The molecule has 2 heterocycles. The van der Waals surface area contributed by atoms with E-state index in [-0.39, 0.29) is 5.92 Å². The van der Waals surface area contributed by atoms with Gasteiger partial charge in [0.1, 0.15) is 0 Å². The monoisotopic (exact) mass is 578 g/mol. The predicted molar refractivity (Wildman–Crippen MR) is 191 cm³/mol. The van der Waals surface area contributed by atoms with Crippen molar-refractivity contribution < 1.29 is 0 Å². The lowest BCUT2D eigenvalue weighted by molar-refractivity contribution is 0.903. The number of fused-ring (bicyclic) bond motifs is 6. The third-order valence-electron chi connectivity index (χ3n) is 9.62. The van der Waals surface area contributed by atoms with Crippen molar-refractivity contribution in [2.45, 2.75) is 33.1 Å². The second-order valence-corrected chi connectivity index (χ2v) is 12.2. The molecule has 0 aliphatic heterocycles. The van der Waals surface area contributed by atoms with Crippen LogP contribution in [0.15, 0.2) is 133 Å². The summed E-state index contributed by atoms with van der Waals surface area (Å²) in [7, 11) is 0.